The number of hydrogen-bond acceptors (Lipinski definition) is 7. The van der Waals surface area contributed by atoms with Gasteiger partial charge in [-0.15, -0.1) is 5.10 Å². The highest BCUT2D eigenvalue weighted by molar-refractivity contribution is 8.18. The van der Waals surface area contributed by atoms with Crippen molar-refractivity contribution in [2.24, 2.45) is 10.2 Å². The van der Waals surface area contributed by atoms with Gasteiger partial charge in [-0.2, -0.15) is 5.10 Å². The topological polar surface area (TPSA) is 101 Å². The number of carbonyl (C=O) groups excluding carboxylic acids is 1. The number of rotatable bonds is 6. The number of furan rings is 1. The Hall–Kier alpha value is -3.40. The predicted octanol–water partition coefficient (Wildman–Crippen LogP) is 6.00. The average Bonchev–Trinajstić information content (AvgIpc) is 3.41. The second-order valence-electron chi connectivity index (χ2n) is 6.70. The lowest BCUT2D eigenvalue weighted by atomic mass is 10.2. The van der Waals surface area contributed by atoms with Crippen molar-refractivity contribution in [1.82, 2.24) is 4.90 Å². The Kier molecular flexibility index (Phi) is 6.93. The van der Waals surface area contributed by atoms with Crippen molar-refractivity contribution in [3.05, 3.63) is 103 Å². The Morgan fingerprint density at radius 3 is 2.61 bits per heavy atom. The van der Waals surface area contributed by atoms with E-state index in [0.717, 1.165) is 11.8 Å². The quantitative estimate of drug-likeness (QED) is 0.178. The molecule has 11 heteroatoms. The molecule has 3 aromatic rings. The van der Waals surface area contributed by atoms with E-state index in [1.165, 1.54) is 29.5 Å². The summed E-state index contributed by atoms with van der Waals surface area (Å²) in [6.07, 6.45) is 4.62. The Bertz CT molecular complexity index is 1290. The van der Waals surface area contributed by atoms with E-state index >= 15 is 0 Å². The molecule has 2 heterocycles. The fraction of sp³-hybridized carbons (Fsp3) is 0.0455. The molecule has 166 valence electrons. The third-order valence-electron chi connectivity index (χ3n) is 4.51. The smallest absolute Gasteiger partial charge is 0.269 e. The Morgan fingerprint density at radius 1 is 1.12 bits per heavy atom. The normalized spacial score (nSPS) is 16.4. The first-order chi connectivity index (χ1) is 15.9. The maximum absolute atomic E-state index is 13.1. The highest BCUT2D eigenvalue weighted by atomic mass is 35.5. The zero-order chi connectivity index (χ0) is 23.4. The summed E-state index contributed by atoms with van der Waals surface area (Å²) in [5.41, 5.74) is 1.20. The number of thioether (sulfide) groups is 1. The minimum absolute atomic E-state index is 0.0294. The van der Waals surface area contributed by atoms with E-state index in [1.54, 1.807) is 48.5 Å². The molecule has 1 amide bonds. The molecule has 1 fully saturated rings. The molecular formula is C22H14Cl2N4O4S. The number of nitro groups is 1. The van der Waals surface area contributed by atoms with E-state index in [-0.39, 0.29) is 18.1 Å². The molecule has 0 spiro atoms. The minimum atomic E-state index is -0.480. The summed E-state index contributed by atoms with van der Waals surface area (Å²) in [4.78, 5) is 25.3. The van der Waals surface area contributed by atoms with Crippen molar-refractivity contribution in [1.29, 1.82) is 0 Å². The van der Waals surface area contributed by atoms with Gasteiger partial charge in [-0.05, 0) is 53.7 Å². The fourth-order valence-corrected chi connectivity index (χ4v) is 4.18. The maximum atomic E-state index is 13.1. The molecule has 0 radical (unpaired) electrons. The van der Waals surface area contributed by atoms with Gasteiger partial charge in [0.05, 0.1) is 38.9 Å². The number of benzene rings is 2. The fourth-order valence-electron chi connectivity index (χ4n) is 2.88. The second-order valence-corrected chi connectivity index (χ2v) is 8.49. The monoisotopic (exact) mass is 500 g/mol. The van der Waals surface area contributed by atoms with E-state index in [0.29, 0.717) is 37.0 Å². The van der Waals surface area contributed by atoms with Gasteiger partial charge >= 0.3 is 0 Å². The van der Waals surface area contributed by atoms with Crippen molar-refractivity contribution in [3.63, 3.8) is 0 Å². The molecule has 1 aromatic heterocycles. The lowest BCUT2D eigenvalue weighted by molar-refractivity contribution is -0.384. The van der Waals surface area contributed by atoms with Gasteiger partial charge in [0.25, 0.3) is 11.6 Å². The van der Waals surface area contributed by atoms with E-state index < -0.39 is 4.92 Å². The van der Waals surface area contributed by atoms with E-state index in [4.69, 9.17) is 27.6 Å². The molecule has 2 aromatic carbocycles. The molecule has 1 aliphatic heterocycles. The van der Waals surface area contributed by atoms with Gasteiger partial charge in [-0.1, -0.05) is 35.3 Å². The van der Waals surface area contributed by atoms with Crippen molar-refractivity contribution in [2.75, 3.05) is 0 Å². The summed E-state index contributed by atoms with van der Waals surface area (Å²) in [6.45, 7) is 0.169. The molecule has 1 saturated heterocycles. The molecule has 4 rings (SSSR count). The lowest BCUT2D eigenvalue weighted by Gasteiger charge is -2.12. The van der Waals surface area contributed by atoms with Gasteiger partial charge in [-0.25, -0.2) is 0 Å². The van der Waals surface area contributed by atoms with Gasteiger partial charge in [0.2, 0.25) is 0 Å². The summed E-state index contributed by atoms with van der Waals surface area (Å²) in [5.74, 6) is 0.291. The first-order valence-electron chi connectivity index (χ1n) is 9.45. The summed E-state index contributed by atoms with van der Waals surface area (Å²) in [5, 5.41) is 20.2. The zero-order valence-electron chi connectivity index (χ0n) is 16.7. The average molecular weight is 501 g/mol. The molecule has 0 aliphatic carbocycles. The van der Waals surface area contributed by atoms with E-state index in [1.807, 2.05) is 0 Å². The molecule has 0 unspecified atom stereocenters. The Balaban J connectivity index is 1.62. The number of amides is 1. The van der Waals surface area contributed by atoms with E-state index in [9.17, 15) is 14.9 Å². The van der Waals surface area contributed by atoms with Crippen LogP contribution < -0.4 is 0 Å². The van der Waals surface area contributed by atoms with E-state index in [2.05, 4.69) is 10.2 Å². The number of halogens is 2. The van der Waals surface area contributed by atoms with Gasteiger partial charge in [0.1, 0.15) is 5.76 Å². The van der Waals surface area contributed by atoms with Gasteiger partial charge in [-0.3, -0.25) is 19.8 Å². The molecule has 0 N–H and O–H groups in total. The van der Waals surface area contributed by atoms with Crippen LogP contribution in [-0.4, -0.2) is 27.1 Å². The summed E-state index contributed by atoms with van der Waals surface area (Å²) in [7, 11) is 0. The zero-order valence-corrected chi connectivity index (χ0v) is 19.0. The highest BCUT2D eigenvalue weighted by Gasteiger charge is 2.34. The standard InChI is InChI=1S/C22H14Cl2N4O4S/c23-18-5-1-3-15(20(18)24)12-25-26-22-27(13-17-4-2-10-32-17)21(29)19(33-22)11-14-6-8-16(9-7-14)28(30)31/h1-12H,13H2/b19-11-,25-12-,26-22+. The molecule has 0 atom stereocenters. The van der Waals surface area contributed by atoms with Crippen LogP contribution in [0.25, 0.3) is 6.08 Å². The maximum Gasteiger partial charge on any atom is 0.269 e. The Morgan fingerprint density at radius 2 is 1.91 bits per heavy atom. The molecule has 33 heavy (non-hydrogen) atoms. The number of non-ortho nitro benzene ring substituents is 1. The lowest BCUT2D eigenvalue weighted by Crippen LogP contribution is -2.28. The van der Waals surface area contributed by atoms with Crippen LogP contribution in [0.1, 0.15) is 16.9 Å². The van der Waals surface area contributed by atoms with Crippen LogP contribution >= 0.6 is 35.0 Å². The van der Waals surface area contributed by atoms with Crippen LogP contribution in [0, 0.1) is 10.1 Å². The van der Waals surface area contributed by atoms with Gasteiger partial charge in [0.15, 0.2) is 5.17 Å². The summed E-state index contributed by atoms with van der Waals surface area (Å²) < 4.78 is 5.37. The molecular weight excluding hydrogens is 487 g/mol. The minimum Gasteiger partial charge on any atom is -0.467 e. The van der Waals surface area contributed by atoms with Gasteiger partial charge in [0, 0.05) is 17.7 Å². The molecule has 1 aliphatic rings. The summed E-state index contributed by atoms with van der Waals surface area (Å²) in [6, 6.07) is 14.5. The van der Waals surface area contributed by atoms with Crippen molar-refractivity contribution >= 4 is 64.0 Å². The third-order valence-corrected chi connectivity index (χ3v) is 6.34. The third kappa shape index (κ3) is 5.33. The van der Waals surface area contributed by atoms with Crippen LogP contribution in [-0.2, 0) is 11.3 Å². The number of nitro benzene ring substituents is 1. The predicted molar refractivity (Wildman–Crippen MR) is 129 cm³/mol. The van der Waals surface area contributed by atoms with Crippen molar-refractivity contribution in [3.8, 4) is 0 Å². The molecule has 0 bridgehead atoms. The van der Waals surface area contributed by atoms with Crippen LogP contribution in [0.15, 0.2) is 80.4 Å². The Labute approximate surface area is 202 Å². The number of amidine groups is 1. The van der Waals surface area contributed by atoms with Gasteiger partial charge < -0.3 is 4.42 Å². The van der Waals surface area contributed by atoms with Crippen molar-refractivity contribution < 1.29 is 14.1 Å². The first kappa shape index (κ1) is 22.8. The SMILES string of the molecule is O=C1/C(=C/c2ccc([N+](=O)[O-])cc2)S/C(=N/N=C\c2cccc(Cl)c2Cl)N1Cc1ccco1. The van der Waals surface area contributed by atoms with Crippen LogP contribution in [0.4, 0.5) is 5.69 Å². The summed E-state index contributed by atoms with van der Waals surface area (Å²) >= 11 is 13.3. The number of nitrogens with zero attached hydrogens (tertiary/aromatic N) is 4. The second kappa shape index (κ2) is 10.0. The number of hydrogen-bond donors (Lipinski definition) is 0. The largest absolute Gasteiger partial charge is 0.467 e. The molecule has 8 nitrogen and oxygen atoms in total. The number of carbonyl (C=O) groups is 1. The first-order valence-corrected chi connectivity index (χ1v) is 11.0. The van der Waals surface area contributed by atoms with Crippen LogP contribution in [0.2, 0.25) is 10.0 Å². The van der Waals surface area contributed by atoms with Crippen LogP contribution in [0.3, 0.4) is 0 Å². The highest BCUT2D eigenvalue weighted by Crippen LogP contribution is 2.34. The molecule has 0 saturated carbocycles. The van der Waals surface area contributed by atoms with Crippen LogP contribution in [0.5, 0.6) is 0 Å². The van der Waals surface area contributed by atoms with Crippen molar-refractivity contribution in [2.45, 2.75) is 6.54 Å².